The lowest BCUT2D eigenvalue weighted by Crippen LogP contribution is -2.37. The van der Waals surface area contributed by atoms with Crippen LogP contribution in [0.4, 0.5) is 16.2 Å². The fourth-order valence-corrected chi connectivity index (χ4v) is 2.66. The number of rotatable bonds is 6. The van der Waals surface area contributed by atoms with Gasteiger partial charge in [0.05, 0.1) is 6.61 Å². The van der Waals surface area contributed by atoms with Crippen LogP contribution >= 0.6 is 0 Å². The summed E-state index contributed by atoms with van der Waals surface area (Å²) in [5.74, 6) is 0. The quantitative estimate of drug-likeness (QED) is 0.795. The zero-order valence-electron chi connectivity index (χ0n) is 13.0. The number of piperidine rings is 1. The van der Waals surface area contributed by atoms with Gasteiger partial charge in [0, 0.05) is 37.6 Å². The van der Waals surface area contributed by atoms with Gasteiger partial charge < -0.3 is 20.2 Å². The lowest BCUT2D eigenvalue weighted by Gasteiger charge is -2.29. The Balaban J connectivity index is 1.94. The molecule has 1 aliphatic rings. The normalized spacial score (nSPS) is 14.5. The molecule has 0 aliphatic carbocycles. The van der Waals surface area contributed by atoms with Crippen molar-refractivity contribution >= 4 is 17.4 Å². The molecule has 0 radical (unpaired) electrons. The number of anilines is 2. The van der Waals surface area contributed by atoms with E-state index >= 15 is 0 Å². The number of aliphatic hydroxyl groups is 1. The highest BCUT2D eigenvalue weighted by Crippen LogP contribution is 2.21. The van der Waals surface area contributed by atoms with Crippen molar-refractivity contribution in [3.8, 4) is 0 Å². The third-order valence-corrected chi connectivity index (χ3v) is 3.85. The van der Waals surface area contributed by atoms with Crippen LogP contribution in [0.1, 0.15) is 19.3 Å². The number of aliphatic hydroxyl groups excluding tert-OH is 1. The van der Waals surface area contributed by atoms with Crippen LogP contribution in [0.5, 0.6) is 0 Å². The summed E-state index contributed by atoms with van der Waals surface area (Å²) in [7, 11) is 0. The highest BCUT2D eigenvalue weighted by molar-refractivity contribution is 5.89. The molecule has 0 bridgehead atoms. The summed E-state index contributed by atoms with van der Waals surface area (Å²) >= 11 is 0. The van der Waals surface area contributed by atoms with Gasteiger partial charge in [-0.3, -0.25) is 0 Å². The SMILES string of the molecule is C=CCN(CCO)C(=O)Nc1ccc(N2CCCCC2)cc1. The lowest BCUT2D eigenvalue weighted by molar-refractivity contribution is 0.195. The van der Waals surface area contributed by atoms with Crippen LogP contribution in [-0.2, 0) is 0 Å². The first kappa shape index (κ1) is 16.4. The zero-order valence-corrected chi connectivity index (χ0v) is 13.0. The maximum Gasteiger partial charge on any atom is 0.322 e. The Hall–Kier alpha value is -2.01. The van der Waals surface area contributed by atoms with E-state index in [-0.39, 0.29) is 12.6 Å². The van der Waals surface area contributed by atoms with Crippen molar-refractivity contribution < 1.29 is 9.90 Å². The molecule has 1 heterocycles. The molecule has 22 heavy (non-hydrogen) atoms. The van der Waals surface area contributed by atoms with E-state index in [4.69, 9.17) is 5.11 Å². The van der Waals surface area contributed by atoms with Gasteiger partial charge in [-0.25, -0.2) is 4.79 Å². The Morgan fingerprint density at radius 2 is 1.95 bits per heavy atom. The van der Waals surface area contributed by atoms with Crippen molar-refractivity contribution in [1.29, 1.82) is 0 Å². The molecule has 1 aliphatic heterocycles. The first-order valence-electron chi connectivity index (χ1n) is 7.87. The van der Waals surface area contributed by atoms with Crippen LogP contribution in [0, 0.1) is 0 Å². The van der Waals surface area contributed by atoms with Gasteiger partial charge in [-0.2, -0.15) is 0 Å². The topological polar surface area (TPSA) is 55.8 Å². The average molecular weight is 303 g/mol. The number of nitrogens with zero attached hydrogens (tertiary/aromatic N) is 2. The van der Waals surface area contributed by atoms with Gasteiger partial charge in [-0.05, 0) is 43.5 Å². The number of hydrogen-bond donors (Lipinski definition) is 2. The van der Waals surface area contributed by atoms with Crippen molar-refractivity contribution in [3.05, 3.63) is 36.9 Å². The molecule has 1 aromatic carbocycles. The third kappa shape index (κ3) is 4.49. The molecular formula is C17H25N3O2. The van der Waals surface area contributed by atoms with Crippen molar-refractivity contribution in [3.63, 3.8) is 0 Å². The maximum absolute atomic E-state index is 12.1. The molecule has 5 nitrogen and oxygen atoms in total. The van der Waals surface area contributed by atoms with E-state index in [9.17, 15) is 4.79 Å². The molecule has 2 N–H and O–H groups in total. The monoisotopic (exact) mass is 303 g/mol. The highest BCUT2D eigenvalue weighted by Gasteiger charge is 2.13. The zero-order chi connectivity index (χ0) is 15.8. The van der Waals surface area contributed by atoms with E-state index in [0.29, 0.717) is 13.1 Å². The Labute approximate surface area is 132 Å². The predicted octanol–water partition coefficient (Wildman–Crippen LogP) is 2.69. The van der Waals surface area contributed by atoms with E-state index in [1.165, 1.54) is 29.8 Å². The summed E-state index contributed by atoms with van der Waals surface area (Å²) in [6.07, 6.45) is 5.45. The van der Waals surface area contributed by atoms with Crippen molar-refractivity contribution in [2.24, 2.45) is 0 Å². The minimum atomic E-state index is -0.223. The third-order valence-electron chi connectivity index (χ3n) is 3.85. The van der Waals surface area contributed by atoms with Crippen LogP contribution in [-0.4, -0.2) is 48.8 Å². The largest absolute Gasteiger partial charge is 0.395 e. The smallest absolute Gasteiger partial charge is 0.322 e. The molecule has 5 heteroatoms. The summed E-state index contributed by atoms with van der Waals surface area (Å²) in [5, 5.41) is 11.8. The van der Waals surface area contributed by atoms with E-state index in [1.54, 1.807) is 6.08 Å². The van der Waals surface area contributed by atoms with Crippen molar-refractivity contribution in [2.75, 3.05) is 43.0 Å². The van der Waals surface area contributed by atoms with Crippen LogP contribution in [0.2, 0.25) is 0 Å². The molecular weight excluding hydrogens is 278 g/mol. The summed E-state index contributed by atoms with van der Waals surface area (Å²) in [4.78, 5) is 16.0. The summed E-state index contributed by atoms with van der Waals surface area (Å²) < 4.78 is 0. The Kier molecular flexibility index (Phi) is 6.27. The molecule has 0 aromatic heterocycles. The Bertz CT molecular complexity index is 481. The fraction of sp³-hybridized carbons (Fsp3) is 0.471. The minimum absolute atomic E-state index is 0.0604. The predicted molar refractivity (Wildman–Crippen MR) is 90.4 cm³/mol. The first-order valence-corrected chi connectivity index (χ1v) is 7.87. The molecule has 0 atom stereocenters. The van der Waals surface area contributed by atoms with E-state index in [2.05, 4.69) is 16.8 Å². The number of urea groups is 1. The van der Waals surface area contributed by atoms with Crippen LogP contribution in [0.15, 0.2) is 36.9 Å². The van der Waals surface area contributed by atoms with Crippen LogP contribution in [0.3, 0.4) is 0 Å². The number of amides is 2. The molecule has 1 saturated heterocycles. The highest BCUT2D eigenvalue weighted by atomic mass is 16.3. The van der Waals surface area contributed by atoms with Gasteiger partial charge in [-0.1, -0.05) is 6.08 Å². The van der Waals surface area contributed by atoms with Crippen LogP contribution in [0.25, 0.3) is 0 Å². The number of carbonyl (C=O) groups is 1. The molecule has 0 unspecified atom stereocenters. The molecule has 1 fully saturated rings. The summed E-state index contributed by atoms with van der Waals surface area (Å²) in [6.45, 7) is 6.49. The summed E-state index contributed by atoms with van der Waals surface area (Å²) in [5.41, 5.74) is 1.97. The van der Waals surface area contributed by atoms with Gasteiger partial charge >= 0.3 is 6.03 Å². The molecule has 120 valence electrons. The molecule has 1 aromatic rings. The Morgan fingerprint density at radius 1 is 1.27 bits per heavy atom. The second kappa shape index (κ2) is 8.44. The molecule has 2 amide bonds. The van der Waals surface area contributed by atoms with Crippen LogP contribution < -0.4 is 10.2 Å². The Morgan fingerprint density at radius 3 is 2.55 bits per heavy atom. The number of nitrogens with one attached hydrogen (secondary N) is 1. The number of carbonyl (C=O) groups excluding carboxylic acids is 1. The van der Waals surface area contributed by atoms with Gasteiger partial charge in [0.1, 0.15) is 0 Å². The molecule has 0 spiro atoms. The molecule has 2 rings (SSSR count). The van der Waals surface area contributed by atoms with Gasteiger partial charge in [0.25, 0.3) is 0 Å². The van der Waals surface area contributed by atoms with Gasteiger partial charge in [0.15, 0.2) is 0 Å². The average Bonchev–Trinajstić information content (AvgIpc) is 2.56. The second-order valence-corrected chi connectivity index (χ2v) is 5.48. The van der Waals surface area contributed by atoms with Gasteiger partial charge in [-0.15, -0.1) is 6.58 Å². The fourth-order valence-electron chi connectivity index (χ4n) is 2.66. The molecule has 0 saturated carbocycles. The standard InChI is InChI=1S/C17H25N3O2/c1-2-10-20(13-14-21)17(22)18-15-6-8-16(9-7-15)19-11-4-3-5-12-19/h2,6-9,21H,1,3-5,10-14H2,(H,18,22). The van der Waals surface area contributed by atoms with Gasteiger partial charge in [0.2, 0.25) is 0 Å². The lowest BCUT2D eigenvalue weighted by atomic mass is 10.1. The first-order chi connectivity index (χ1) is 10.7. The summed E-state index contributed by atoms with van der Waals surface area (Å²) in [6, 6.07) is 7.72. The minimum Gasteiger partial charge on any atom is -0.395 e. The number of hydrogen-bond acceptors (Lipinski definition) is 3. The maximum atomic E-state index is 12.1. The van der Waals surface area contributed by atoms with E-state index in [1.807, 2.05) is 24.3 Å². The van der Waals surface area contributed by atoms with Crippen molar-refractivity contribution in [2.45, 2.75) is 19.3 Å². The van der Waals surface area contributed by atoms with E-state index < -0.39 is 0 Å². The number of benzene rings is 1. The second-order valence-electron chi connectivity index (χ2n) is 5.48. The van der Waals surface area contributed by atoms with Crippen molar-refractivity contribution in [1.82, 2.24) is 4.90 Å². The van der Waals surface area contributed by atoms with E-state index in [0.717, 1.165) is 18.8 Å².